The Bertz CT molecular complexity index is 650. The number of hydrogen-bond donors (Lipinski definition) is 1. The van der Waals surface area contributed by atoms with E-state index < -0.39 is 0 Å². The molecule has 0 atom stereocenters. The van der Waals surface area contributed by atoms with Crippen molar-refractivity contribution in [1.29, 1.82) is 0 Å². The van der Waals surface area contributed by atoms with Crippen molar-refractivity contribution in [2.24, 2.45) is 0 Å². The molecule has 0 saturated heterocycles. The van der Waals surface area contributed by atoms with Gasteiger partial charge in [0.05, 0.1) is 18.0 Å². The normalized spacial score (nSPS) is 15.2. The minimum atomic E-state index is -0.0327. The van der Waals surface area contributed by atoms with Crippen molar-refractivity contribution in [3.05, 3.63) is 12.3 Å². The fourth-order valence-corrected chi connectivity index (χ4v) is 5.31. The molecule has 2 heterocycles. The predicted octanol–water partition coefficient (Wildman–Crippen LogP) is 3.69. The Morgan fingerprint density at radius 3 is 2.83 bits per heavy atom. The average molecular weight is 370 g/mol. The number of anilines is 1. The monoisotopic (exact) mass is 369 g/mol. The molecule has 124 valence electrons. The van der Waals surface area contributed by atoms with Gasteiger partial charge in [-0.15, -0.1) is 10.2 Å². The van der Waals surface area contributed by atoms with Crippen LogP contribution in [0.3, 0.4) is 0 Å². The molecule has 6 nitrogen and oxygen atoms in total. The van der Waals surface area contributed by atoms with Crippen molar-refractivity contribution >= 4 is 46.6 Å². The molecule has 0 aliphatic heterocycles. The number of carbonyl (C=O) groups excluding carboxylic acids is 1. The molecule has 0 radical (unpaired) electrons. The van der Waals surface area contributed by atoms with Crippen molar-refractivity contribution in [1.82, 2.24) is 20.0 Å². The molecule has 1 N–H and O–H groups in total. The summed E-state index contributed by atoms with van der Waals surface area (Å²) in [5, 5.41) is 15.5. The maximum Gasteiger partial charge on any atom is 0.235 e. The molecule has 3 rings (SSSR count). The van der Waals surface area contributed by atoms with Crippen molar-refractivity contribution in [3.63, 3.8) is 0 Å². The summed E-state index contributed by atoms with van der Waals surface area (Å²) in [7, 11) is 0. The first-order chi connectivity index (χ1) is 11.3. The summed E-state index contributed by atoms with van der Waals surface area (Å²) in [5.41, 5.74) is 0. The smallest absolute Gasteiger partial charge is 0.235 e. The highest BCUT2D eigenvalue weighted by molar-refractivity contribution is 8.03. The summed E-state index contributed by atoms with van der Waals surface area (Å²) >= 11 is 4.63. The molecule has 0 spiro atoms. The Kier molecular flexibility index (Phi) is 5.96. The van der Waals surface area contributed by atoms with E-state index in [1.807, 2.05) is 10.7 Å². The van der Waals surface area contributed by atoms with Gasteiger partial charge in [-0.2, -0.15) is 5.10 Å². The number of hydrogen-bond acceptors (Lipinski definition) is 7. The van der Waals surface area contributed by atoms with Gasteiger partial charge < -0.3 is 5.32 Å². The lowest BCUT2D eigenvalue weighted by Crippen LogP contribution is -2.19. The Hall–Kier alpha value is -1.06. The van der Waals surface area contributed by atoms with E-state index in [1.165, 1.54) is 35.9 Å². The Balaban J connectivity index is 1.52. The number of nitrogens with zero attached hydrogens (tertiary/aromatic N) is 4. The SMILES string of the molecule is CCSc1nnc(SCC(=O)Nc2ccnn2C2CCCC2)s1. The standard InChI is InChI=1S/C14H19N5OS3/c1-2-21-13-17-18-14(23-13)22-9-12(20)16-11-7-8-15-19(11)10-5-3-4-6-10/h7-8,10H,2-6,9H2,1H3,(H,16,20). The second kappa shape index (κ2) is 8.16. The third-order valence-electron chi connectivity index (χ3n) is 3.59. The quantitative estimate of drug-likeness (QED) is 0.750. The van der Waals surface area contributed by atoms with Crippen LogP contribution in [0.2, 0.25) is 0 Å². The van der Waals surface area contributed by atoms with Gasteiger partial charge >= 0.3 is 0 Å². The van der Waals surface area contributed by atoms with Crippen LogP contribution >= 0.6 is 34.9 Å². The first-order valence-corrected chi connectivity index (χ1v) is 10.5. The molecule has 2 aromatic rings. The Morgan fingerprint density at radius 1 is 1.35 bits per heavy atom. The molecule has 1 amide bonds. The largest absolute Gasteiger partial charge is 0.310 e. The number of nitrogens with one attached hydrogen (secondary N) is 1. The summed E-state index contributed by atoms with van der Waals surface area (Å²) in [5.74, 6) is 2.07. The van der Waals surface area contributed by atoms with Crippen LogP contribution in [0.25, 0.3) is 0 Å². The highest BCUT2D eigenvalue weighted by Gasteiger charge is 2.20. The van der Waals surface area contributed by atoms with Gasteiger partial charge in [-0.3, -0.25) is 4.79 Å². The zero-order chi connectivity index (χ0) is 16.1. The lowest BCUT2D eigenvalue weighted by atomic mass is 10.2. The zero-order valence-corrected chi connectivity index (χ0v) is 15.3. The number of thioether (sulfide) groups is 2. The van der Waals surface area contributed by atoms with Gasteiger partial charge in [0.25, 0.3) is 0 Å². The topological polar surface area (TPSA) is 72.7 Å². The summed E-state index contributed by atoms with van der Waals surface area (Å²) in [6.07, 6.45) is 6.51. The van der Waals surface area contributed by atoms with Crippen LogP contribution in [-0.4, -0.2) is 37.4 Å². The fraction of sp³-hybridized carbons (Fsp3) is 0.571. The maximum atomic E-state index is 12.2. The predicted molar refractivity (Wildman–Crippen MR) is 95.4 cm³/mol. The molecule has 1 saturated carbocycles. The molecule has 0 unspecified atom stereocenters. The van der Waals surface area contributed by atoms with E-state index in [2.05, 4.69) is 27.5 Å². The van der Waals surface area contributed by atoms with Gasteiger partial charge in [0, 0.05) is 6.07 Å². The first-order valence-electron chi connectivity index (χ1n) is 7.68. The van der Waals surface area contributed by atoms with Gasteiger partial charge in [0.1, 0.15) is 5.82 Å². The van der Waals surface area contributed by atoms with Crippen LogP contribution in [0.5, 0.6) is 0 Å². The van der Waals surface area contributed by atoms with Gasteiger partial charge in [-0.05, 0) is 18.6 Å². The van der Waals surface area contributed by atoms with Crippen LogP contribution in [0.15, 0.2) is 20.9 Å². The number of carbonyl (C=O) groups is 1. The van der Waals surface area contributed by atoms with Crippen molar-refractivity contribution in [3.8, 4) is 0 Å². The number of rotatable bonds is 7. The highest BCUT2D eigenvalue weighted by atomic mass is 32.2. The third kappa shape index (κ3) is 4.48. The first kappa shape index (κ1) is 16.8. The Morgan fingerprint density at radius 2 is 2.09 bits per heavy atom. The van der Waals surface area contributed by atoms with Crippen LogP contribution in [-0.2, 0) is 4.79 Å². The van der Waals surface area contributed by atoms with Crippen LogP contribution in [0.1, 0.15) is 38.6 Å². The lowest BCUT2D eigenvalue weighted by molar-refractivity contribution is -0.113. The van der Waals surface area contributed by atoms with Gasteiger partial charge in [-0.1, -0.05) is 54.6 Å². The minimum Gasteiger partial charge on any atom is -0.310 e. The van der Waals surface area contributed by atoms with E-state index >= 15 is 0 Å². The van der Waals surface area contributed by atoms with Gasteiger partial charge in [-0.25, -0.2) is 4.68 Å². The van der Waals surface area contributed by atoms with E-state index in [9.17, 15) is 4.79 Å². The van der Waals surface area contributed by atoms with Crippen molar-refractivity contribution < 1.29 is 4.79 Å². The van der Waals surface area contributed by atoms with E-state index in [4.69, 9.17) is 0 Å². The van der Waals surface area contributed by atoms with Crippen molar-refractivity contribution in [2.45, 2.75) is 47.3 Å². The second-order valence-electron chi connectivity index (χ2n) is 5.20. The van der Waals surface area contributed by atoms with E-state index in [-0.39, 0.29) is 5.91 Å². The van der Waals surface area contributed by atoms with Crippen LogP contribution < -0.4 is 5.32 Å². The summed E-state index contributed by atoms with van der Waals surface area (Å²) < 4.78 is 3.74. The molecular formula is C14H19N5OS3. The van der Waals surface area contributed by atoms with E-state index in [0.29, 0.717) is 11.8 Å². The number of amides is 1. The van der Waals surface area contributed by atoms with Crippen LogP contribution in [0, 0.1) is 0 Å². The molecule has 23 heavy (non-hydrogen) atoms. The molecule has 0 bridgehead atoms. The summed E-state index contributed by atoms with van der Waals surface area (Å²) in [6, 6.07) is 2.28. The second-order valence-corrected chi connectivity index (χ2v) is 8.91. The number of aromatic nitrogens is 4. The zero-order valence-electron chi connectivity index (χ0n) is 12.9. The van der Waals surface area contributed by atoms with E-state index in [0.717, 1.165) is 33.1 Å². The highest BCUT2D eigenvalue weighted by Crippen LogP contribution is 2.31. The molecule has 0 aromatic carbocycles. The lowest BCUT2D eigenvalue weighted by Gasteiger charge is -2.14. The molecule has 1 aliphatic carbocycles. The minimum absolute atomic E-state index is 0.0327. The average Bonchev–Trinajstić information content (AvgIpc) is 3.27. The molecule has 9 heteroatoms. The molecular weight excluding hydrogens is 350 g/mol. The summed E-state index contributed by atoms with van der Waals surface area (Å²) in [4.78, 5) is 12.2. The molecule has 1 aliphatic rings. The maximum absolute atomic E-state index is 12.2. The molecule has 1 fully saturated rings. The summed E-state index contributed by atoms with van der Waals surface area (Å²) in [6.45, 7) is 2.08. The van der Waals surface area contributed by atoms with Gasteiger partial charge in [0.15, 0.2) is 8.68 Å². The van der Waals surface area contributed by atoms with Crippen LogP contribution in [0.4, 0.5) is 5.82 Å². The third-order valence-corrected chi connectivity index (χ3v) is 6.66. The van der Waals surface area contributed by atoms with Crippen molar-refractivity contribution in [2.75, 3.05) is 16.8 Å². The van der Waals surface area contributed by atoms with Gasteiger partial charge in [0.2, 0.25) is 5.91 Å². The fourth-order valence-electron chi connectivity index (χ4n) is 2.60. The molecule has 2 aromatic heterocycles. The Labute approximate surface area is 147 Å². The van der Waals surface area contributed by atoms with E-state index in [1.54, 1.807) is 18.0 Å².